The van der Waals surface area contributed by atoms with Crippen molar-refractivity contribution in [3.63, 3.8) is 0 Å². The predicted octanol–water partition coefficient (Wildman–Crippen LogP) is 3.66. The average Bonchev–Trinajstić information content (AvgIpc) is 2.81. The lowest BCUT2D eigenvalue weighted by Gasteiger charge is -1.95. The highest BCUT2D eigenvalue weighted by Gasteiger charge is 2.09. The molecule has 0 N–H and O–H groups in total. The van der Waals surface area contributed by atoms with Crippen LogP contribution in [0.15, 0.2) is 40.2 Å². The van der Waals surface area contributed by atoms with Crippen molar-refractivity contribution in [1.82, 2.24) is 15.0 Å². The van der Waals surface area contributed by atoms with Gasteiger partial charge in [-0.1, -0.05) is 23.4 Å². The Balaban J connectivity index is 2.07. The molecule has 90 valence electrons. The molecular weight excluding hydrogens is 270 g/mol. The number of benzene rings is 1. The zero-order chi connectivity index (χ0) is 12.5. The van der Waals surface area contributed by atoms with Crippen LogP contribution in [0.25, 0.3) is 22.6 Å². The first-order chi connectivity index (χ1) is 8.76. The van der Waals surface area contributed by atoms with E-state index in [1.807, 2.05) is 6.26 Å². The van der Waals surface area contributed by atoms with Gasteiger partial charge in [0.2, 0.25) is 5.89 Å². The van der Waals surface area contributed by atoms with E-state index in [2.05, 4.69) is 15.0 Å². The third-order valence-corrected chi connectivity index (χ3v) is 3.22. The lowest BCUT2D eigenvalue weighted by Crippen LogP contribution is -1.86. The van der Waals surface area contributed by atoms with E-state index in [1.54, 1.807) is 30.6 Å². The van der Waals surface area contributed by atoms with Crippen LogP contribution in [0, 0.1) is 0 Å². The van der Waals surface area contributed by atoms with Crippen LogP contribution in [-0.2, 0) is 0 Å². The summed E-state index contributed by atoms with van der Waals surface area (Å²) in [6, 6.07) is 5.33. The summed E-state index contributed by atoms with van der Waals surface area (Å²) in [5.41, 5.74) is 2.18. The molecule has 0 fully saturated rings. The van der Waals surface area contributed by atoms with Gasteiger partial charge in [0.05, 0.1) is 5.56 Å². The zero-order valence-corrected chi connectivity index (χ0v) is 11.0. The molecule has 2 heterocycles. The number of hydrogen-bond acceptors (Lipinski definition) is 5. The summed E-state index contributed by atoms with van der Waals surface area (Å²) in [5.74, 6) is 0.500. The van der Waals surface area contributed by atoms with Crippen molar-refractivity contribution >= 4 is 34.5 Å². The summed E-state index contributed by atoms with van der Waals surface area (Å²) in [7, 11) is 0. The Labute approximate surface area is 112 Å². The fourth-order valence-corrected chi connectivity index (χ4v) is 2.04. The summed E-state index contributed by atoms with van der Waals surface area (Å²) < 4.78 is 5.63. The van der Waals surface area contributed by atoms with Crippen molar-refractivity contribution in [2.24, 2.45) is 0 Å². The van der Waals surface area contributed by atoms with Gasteiger partial charge in [-0.25, -0.2) is 15.0 Å². The van der Waals surface area contributed by atoms with Gasteiger partial charge in [-0.3, -0.25) is 0 Å². The fourth-order valence-electron chi connectivity index (χ4n) is 1.56. The molecule has 0 bridgehead atoms. The maximum Gasteiger partial charge on any atom is 0.230 e. The molecule has 3 rings (SSSR count). The maximum atomic E-state index is 5.90. The van der Waals surface area contributed by atoms with Gasteiger partial charge in [0.15, 0.2) is 10.7 Å². The quantitative estimate of drug-likeness (QED) is 0.528. The number of hydrogen-bond donors (Lipinski definition) is 0. The van der Waals surface area contributed by atoms with Crippen LogP contribution in [0.4, 0.5) is 0 Å². The fraction of sp³-hybridized carbons (Fsp3) is 0.0833. The molecule has 4 nitrogen and oxygen atoms in total. The number of aromatic nitrogens is 3. The van der Waals surface area contributed by atoms with Crippen LogP contribution in [0.2, 0.25) is 5.02 Å². The predicted molar refractivity (Wildman–Crippen MR) is 71.8 cm³/mol. The van der Waals surface area contributed by atoms with Crippen molar-refractivity contribution in [1.29, 1.82) is 0 Å². The van der Waals surface area contributed by atoms with Crippen molar-refractivity contribution < 1.29 is 4.42 Å². The number of nitrogens with zero attached hydrogens (tertiary/aromatic N) is 3. The third kappa shape index (κ3) is 2.07. The highest BCUT2D eigenvalue weighted by molar-refractivity contribution is 7.98. The molecule has 0 unspecified atom stereocenters. The van der Waals surface area contributed by atoms with E-state index in [0.717, 1.165) is 16.2 Å². The van der Waals surface area contributed by atoms with E-state index in [9.17, 15) is 0 Å². The van der Waals surface area contributed by atoms with E-state index in [0.29, 0.717) is 16.5 Å². The minimum absolute atomic E-state index is 0.500. The summed E-state index contributed by atoms with van der Waals surface area (Å²) in [4.78, 5) is 12.7. The molecule has 0 atom stereocenters. The van der Waals surface area contributed by atoms with Gasteiger partial charge in [-0.2, -0.15) is 0 Å². The standard InChI is InChI=1S/C12H8ClN3OS/c1-18-12-14-5-7(6-15-12)11-16-9-4-8(13)2-3-10(9)17-11/h2-6H,1H3. The van der Waals surface area contributed by atoms with Crippen LogP contribution >= 0.6 is 23.4 Å². The third-order valence-electron chi connectivity index (χ3n) is 2.41. The van der Waals surface area contributed by atoms with Gasteiger partial charge >= 0.3 is 0 Å². The van der Waals surface area contributed by atoms with Gasteiger partial charge in [-0.05, 0) is 24.5 Å². The molecule has 0 aliphatic rings. The lowest BCUT2D eigenvalue weighted by molar-refractivity contribution is 0.618. The molecule has 0 spiro atoms. The maximum absolute atomic E-state index is 5.90. The first kappa shape index (κ1) is 11.5. The Morgan fingerprint density at radius 3 is 2.72 bits per heavy atom. The van der Waals surface area contributed by atoms with E-state index in [1.165, 1.54) is 11.8 Å². The van der Waals surface area contributed by atoms with Crippen LogP contribution in [0.5, 0.6) is 0 Å². The molecule has 3 aromatic rings. The second-order valence-corrected chi connectivity index (χ2v) is 4.80. The first-order valence-electron chi connectivity index (χ1n) is 5.19. The molecule has 1 aromatic carbocycles. The zero-order valence-electron chi connectivity index (χ0n) is 9.42. The molecule has 2 aromatic heterocycles. The summed E-state index contributed by atoms with van der Waals surface area (Å²) in [6.07, 6.45) is 5.33. The highest BCUT2D eigenvalue weighted by Crippen LogP contribution is 2.25. The Kier molecular flexibility index (Phi) is 2.93. The van der Waals surface area contributed by atoms with Gasteiger partial charge in [-0.15, -0.1) is 0 Å². The van der Waals surface area contributed by atoms with Gasteiger partial charge in [0, 0.05) is 17.4 Å². The Hall–Kier alpha value is -1.59. The molecule has 18 heavy (non-hydrogen) atoms. The molecule has 0 saturated heterocycles. The van der Waals surface area contributed by atoms with Crippen molar-refractivity contribution in [2.75, 3.05) is 6.26 Å². The minimum atomic E-state index is 0.500. The van der Waals surface area contributed by atoms with Gasteiger partial charge in [0.25, 0.3) is 0 Å². The minimum Gasteiger partial charge on any atom is -0.436 e. The number of thioether (sulfide) groups is 1. The highest BCUT2D eigenvalue weighted by atomic mass is 35.5. The van der Waals surface area contributed by atoms with Crippen LogP contribution < -0.4 is 0 Å². The Morgan fingerprint density at radius 1 is 1.22 bits per heavy atom. The number of oxazole rings is 1. The van der Waals surface area contributed by atoms with Gasteiger partial charge in [0.1, 0.15) is 5.52 Å². The summed E-state index contributed by atoms with van der Waals surface area (Å²) >= 11 is 7.39. The van der Waals surface area contributed by atoms with E-state index in [-0.39, 0.29) is 0 Å². The molecule has 0 radical (unpaired) electrons. The lowest BCUT2D eigenvalue weighted by atomic mass is 10.3. The van der Waals surface area contributed by atoms with Crippen LogP contribution in [0.3, 0.4) is 0 Å². The smallest absolute Gasteiger partial charge is 0.230 e. The van der Waals surface area contributed by atoms with Gasteiger partial charge < -0.3 is 4.42 Å². The topological polar surface area (TPSA) is 51.8 Å². The summed E-state index contributed by atoms with van der Waals surface area (Å²) in [5, 5.41) is 1.36. The molecule has 0 saturated carbocycles. The average molecular weight is 278 g/mol. The van der Waals surface area contributed by atoms with E-state index >= 15 is 0 Å². The molecule has 0 amide bonds. The number of halogens is 1. The molecule has 0 aliphatic heterocycles. The SMILES string of the molecule is CSc1ncc(-c2nc3cc(Cl)ccc3o2)cn1. The van der Waals surface area contributed by atoms with Crippen molar-refractivity contribution in [3.8, 4) is 11.5 Å². The second kappa shape index (κ2) is 4.59. The van der Waals surface area contributed by atoms with E-state index in [4.69, 9.17) is 16.0 Å². The largest absolute Gasteiger partial charge is 0.436 e. The van der Waals surface area contributed by atoms with Crippen LogP contribution in [-0.4, -0.2) is 21.2 Å². The Morgan fingerprint density at radius 2 is 2.00 bits per heavy atom. The Bertz CT molecular complexity index is 696. The second-order valence-electron chi connectivity index (χ2n) is 3.59. The number of rotatable bonds is 2. The summed E-state index contributed by atoms with van der Waals surface area (Å²) in [6.45, 7) is 0. The van der Waals surface area contributed by atoms with E-state index < -0.39 is 0 Å². The normalized spacial score (nSPS) is 11.0. The molecular formula is C12H8ClN3OS. The molecule has 6 heteroatoms. The molecule has 0 aliphatic carbocycles. The van der Waals surface area contributed by atoms with Crippen molar-refractivity contribution in [2.45, 2.75) is 5.16 Å². The number of fused-ring (bicyclic) bond motifs is 1. The van der Waals surface area contributed by atoms with Crippen LogP contribution in [0.1, 0.15) is 0 Å². The van der Waals surface area contributed by atoms with Crippen molar-refractivity contribution in [3.05, 3.63) is 35.6 Å². The first-order valence-corrected chi connectivity index (χ1v) is 6.79. The monoisotopic (exact) mass is 277 g/mol.